The average molecular weight is 250 g/mol. The first kappa shape index (κ1) is 12.5. The second-order valence-electron chi connectivity index (χ2n) is 4.28. The molecule has 0 spiro atoms. The number of carbonyl (C=O) groups is 1. The van der Waals surface area contributed by atoms with Crippen LogP contribution in [0.15, 0.2) is 12.1 Å². The van der Waals surface area contributed by atoms with Gasteiger partial charge in [0, 0.05) is 19.2 Å². The predicted molar refractivity (Wildman–Crippen MR) is 69.5 cm³/mol. The summed E-state index contributed by atoms with van der Waals surface area (Å²) in [5.41, 5.74) is 6.75. The minimum atomic E-state index is -0.446. The van der Waals surface area contributed by atoms with Gasteiger partial charge in [-0.05, 0) is 18.9 Å². The Bertz CT molecular complexity index is 454. The number of nitrogens with two attached hydrogens (primary N) is 1. The minimum absolute atomic E-state index is 0.446. The molecule has 0 saturated carbocycles. The maximum Gasteiger partial charge on any atom is 0.250 e. The molecule has 1 heterocycles. The normalized spacial score (nSPS) is 14.7. The van der Waals surface area contributed by atoms with Crippen molar-refractivity contribution in [1.82, 2.24) is 0 Å². The maximum atomic E-state index is 11.5. The van der Waals surface area contributed by atoms with E-state index in [9.17, 15) is 4.79 Å². The molecule has 18 heavy (non-hydrogen) atoms. The van der Waals surface area contributed by atoms with Crippen molar-refractivity contribution in [2.45, 2.75) is 12.8 Å². The number of carbonyl (C=O) groups excluding carboxylic acids is 1. The molecular weight excluding hydrogens is 232 g/mol. The number of rotatable bonds is 4. The summed E-state index contributed by atoms with van der Waals surface area (Å²) in [6, 6.07) is 3.47. The van der Waals surface area contributed by atoms with E-state index in [2.05, 4.69) is 4.90 Å². The molecule has 1 aliphatic heterocycles. The smallest absolute Gasteiger partial charge is 0.250 e. The van der Waals surface area contributed by atoms with E-state index in [0.717, 1.165) is 31.6 Å². The topological polar surface area (TPSA) is 64.8 Å². The monoisotopic (exact) mass is 250 g/mol. The van der Waals surface area contributed by atoms with Gasteiger partial charge in [0.25, 0.3) is 5.91 Å². The molecule has 0 aromatic heterocycles. The highest BCUT2D eigenvalue weighted by Crippen LogP contribution is 2.36. The van der Waals surface area contributed by atoms with Gasteiger partial charge in [-0.2, -0.15) is 0 Å². The Morgan fingerprint density at radius 2 is 1.72 bits per heavy atom. The van der Waals surface area contributed by atoms with E-state index in [0.29, 0.717) is 17.1 Å². The molecule has 2 N–H and O–H groups in total. The summed E-state index contributed by atoms with van der Waals surface area (Å²) in [6.45, 7) is 1.88. The number of methoxy groups -OCH3 is 2. The van der Waals surface area contributed by atoms with E-state index in [1.54, 1.807) is 13.2 Å². The van der Waals surface area contributed by atoms with Crippen LogP contribution in [-0.4, -0.2) is 33.2 Å². The molecule has 1 aliphatic rings. The van der Waals surface area contributed by atoms with Crippen LogP contribution in [0.2, 0.25) is 0 Å². The summed E-state index contributed by atoms with van der Waals surface area (Å²) in [7, 11) is 3.12. The third kappa shape index (κ3) is 2.20. The Morgan fingerprint density at radius 1 is 1.17 bits per heavy atom. The number of ether oxygens (including phenoxy) is 2. The van der Waals surface area contributed by atoms with Gasteiger partial charge in [-0.25, -0.2) is 0 Å². The zero-order valence-electron chi connectivity index (χ0n) is 10.7. The lowest BCUT2D eigenvalue weighted by molar-refractivity contribution is 0.100. The summed E-state index contributed by atoms with van der Waals surface area (Å²) >= 11 is 0. The van der Waals surface area contributed by atoms with E-state index in [-0.39, 0.29) is 0 Å². The van der Waals surface area contributed by atoms with Crippen LogP contribution in [0.25, 0.3) is 0 Å². The number of benzene rings is 1. The van der Waals surface area contributed by atoms with Gasteiger partial charge in [0.2, 0.25) is 0 Å². The third-order valence-electron chi connectivity index (χ3n) is 3.21. The van der Waals surface area contributed by atoms with Crippen molar-refractivity contribution in [3.8, 4) is 11.5 Å². The van der Waals surface area contributed by atoms with Crippen LogP contribution in [0.3, 0.4) is 0 Å². The van der Waals surface area contributed by atoms with Crippen LogP contribution in [0.1, 0.15) is 23.2 Å². The fourth-order valence-electron chi connectivity index (χ4n) is 2.29. The molecule has 98 valence electrons. The Morgan fingerprint density at radius 3 is 2.22 bits per heavy atom. The first-order chi connectivity index (χ1) is 8.67. The molecule has 1 saturated heterocycles. The lowest BCUT2D eigenvalue weighted by atomic mass is 10.1. The molecule has 0 aliphatic carbocycles. The van der Waals surface area contributed by atoms with Gasteiger partial charge in [-0.1, -0.05) is 0 Å². The molecule has 0 radical (unpaired) electrons. The highest BCUT2D eigenvalue weighted by Gasteiger charge is 2.21. The molecule has 0 bridgehead atoms. The second kappa shape index (κ2) is 5.16. The Balaban J connectivity index is 2.50. The highest BCUT2D eigenvalue weighted by molar-refractivity contribution is 5.99. The fraction of sp³-hybridized carbons (Fsp3) is 0.462. The minimum Gasteiger partial charge on any atom is -0.493 e. The zero-order valence-corrected chi connectivity index (χ0v) is 10.7. The van der Waals surface area contributed by atoms with Gasteiger partial charge in [-0.15, -0.1) is 0 Å². The van der Waals surface area contributed by atoms with Crippen LogP contribution in [0, 0.1) is 0 Å². The Kier molecular flexibility index (Phi) is 3.60. The number of anilines is 1. The lowest BCUT2D eigenvalue weighted by Crippen LogP contribution is -2.23. The Hall–Kier alpha value is -1.91. The van der Waals surface area contributed by atoms with Gasteiger partial charge in [0.05, 0.1) is 25.5 Å². The van der Waals surface area contributed by atoms with Crippen molar-refractivity contribution in [2.24, 2.45) is 5.73 Å². The molecule has 5 nitrogen and oxygen atoms in total. The van der Waals surface area contributed by atoms with Crippen LogP contribution in [-0.2, 0) is 0 Å². The van der Waals surface area contributed by atoms with Crippen molar-refractivity contribution in [1.29, 1.82) is 0 Å². The number of amides is 1. The number of nitrogens with zero attached hydrogens (tertiary/aromatic N) is 1. The van der Waals surface area contributed by atoms with Crippen molar-refractivity contribution in [2.75, 3.05) is 32.2 Å². The molecule has 0 unspecified atom stereocenters. The number of hydrogen-bond acceptors (Lipinski definition) is 4. The van der Waals surface area contributed by atoms with Crippen LogP contribution in [0.5, 0.6) is 11.5 Å². The molecule has 0 atom stereocenters. The standard InChI is InChI=1S/C13H18N2O3/c1-17-11-7-9(13(14)16)10(8-12(11)18-2)15-5-3-4-6-15/h7-8H,3-6H2,1-2H3,(H2,14,16). The molecule has 1 aromatic carbocycles. The molecule has 2 rings (SSSR count). The van der Waals surface area contributed by atoms with Gasteiger partial charge in [-0.3, -0.25) is 4.79 Å². The quantitative estimate of drug-likeness (QED) is 0.877. The second-order valence-corrected chi connectivity index (χ2v) is 4.28. The molecule has 5 heteroatoms. The SMILES string of the molecule is COc1cc(C(N)=O)c(N2CCCC2)cc1OC. The molecule has 1 aromatic rings. The summed E-state index contributed by atoms with van der Waals surface area (Å²) in [5, 5.41) is 0. The summed E-state index contributed by atoms with van der Waals surface area (Å²) in [6.07, 6.45) is 2.26. The van der Waals surface area contributed by atoms with Crippen molar-refractivity contribution in [3.63, 3.8) is 0 Å². The Labute approximate surface area is 106 Å². The fourth-order valence-corrected chi connectivity index (χ4v) is 2.29. The number of hydrogen-bond donors (Lipinski definition) is 1. The van der Waals surface area contributed by atoms with Crippen molar-refractivity contribution in [3.05, 3.63) is 17.7 Å². The third-order valence-corrected chi connectivity index (χ3v) is 3.21. The first-order valence-corrected chi connectivity index (χ1v) is 5.98. The zero-order chi connectivity index (χ0) is 13.1. The highest BCUT2D eigenvalue weighted by atomic mass is 16.5. The van der Waals surface area contributed by atoms with E-state index >= 15 is 0 Å². The summed E-state index contributed by atoms with van der Waals surface area (Å²) in [5.74, 6) is 0.691. The van der Waals surface area contributed by atoms with Gasteiger partial charge in [0.1, 0.15) is 0 Å². The van der Waals surface area contributed by atoms with E-state index in [1.165, 1.54) is 7.11 Å². The first-order valence-electron chi connectivity index (χ1n) is 5.98. The van der Waals surface area contributed by atoms with E-state index < -0.39 is 5.91 Å². The molecular formula is C13H18N2O3. The van der Waals surface area contributed by atoms with Gasteiger partial charge >= 0.3 is 0 Å². The van der Waals surface area contributed by atoms with Crippen LogP contribution in [0.4, 0.5) is 5.69 Å². The van der Waals surface area contributed by atoms with Gasteiger partial charge < -0.3 is 20.1 Å². The largest absolute Gasteiger partial charge is 0.493 e. The maximum absolute atomic E-state index is 11.5. The van der Waals surface area contributed by atoms with Gasteiger partial charge in [0.15, 0.2) is 11.5 Å². The summed E-state index contributed by atoms with van der Waals surface area (Å²) in [4.78, 5) is 13.7. The summed E-state index contributed by atoms with van der Waals surface area (Å²) < 4.78 is 10.5. The van der Waals surface area contributed by atoms with E-state index in [4.69, 9.17) is 15.2 Å². The van der Waals surface area contributed by atoms with Crippen molar-refractivity contribution < 1.29 is 14.3 Å². The van der Waals surface area contributed by atoms with Crippen LogP contribution >= 0.6 is 0 Å². The van der Waals surface area contributed by atoms with E-state index in [1.807, 2.05) is 6.07 Å². The number of primary amides is 1. The molecule has 1 amide bonds. The molecule has 1 fully saturated rings. The average Bonchev–Trinajstić information content (AvgIpc) is 2.90. The lowest BCUT2D eigenvalue weighted by Gasteiger charge is -2.22. The van der Waals surface area contributed by atoms with Crippen molar-refractivity contribution >= 4 is 11.6 Å². The van der Waals surface area contributed by atoms with Crippen LogP contribution < -0.4 is 20.1 Å². The predicted octanol–water partition coefficient (Wildman–Crippen LogP) is 1.40.